The molecule has 0 bridgehead atoms. The summed E-state index contributed by atoms with van der Waals surface area (Å²) in [4.78, 5) is 19.8. The molecule has 2 aliphatic rings. The first kappa shape index (κ1) is 35.3. The maximum Gasteiger partial charge on any atom is 0.246 e. The Morgan fingerprint density at radius 2 is 1.71 bits per heavy atom. The molecular formula is C37H52N6O2. The highest BCUT2D eigenvalue weighted by Crippen LogP contribution is 2.23. The van der Waals surface area contributed by atoms with Crippen LogP contribution in [-0.4, -0.2) is 54.1 Å². The predicted octanol–water partition coefficient (Wildman–Crippen LogP) is 7.10. The third-order valence-electron chi connectivity index (χ3n) is 7.65. The van der Waals surface area contributed by atoms with Crippen molar-refractivity contribution >= 4 is 17.5 Å². The standard InChI is InChI=1S/C34H44N6O2.C3H8/c1-3-37-34(32(25(2)35)33(36)26-18-20-30(21-19-26)42-29-15-8-5-9-16-29)39-28-14-11-23-40(24-28)31(41)17-10-22-38-27-12-6-4-7-13-27;1-3-2/h3,5,8-10,15-21,27-28,36,38H,1,4,6-7,11-14,22-24,35H2,2H3,(H,37,39);3H2,1-2H3/b17-10+,32-25+,36-33?;. The van der Waals surface area contributed by atoms with Crippen molar-refractivity contribution in [1.29, 1.82) is 5.41 Å². The second-order valence-electron chi connectivity index (χ2n) is 11.6. The number of ether oxygens (including phenoxy) is 1. The normalized spacial score (nSPS) is 18.0. The van der Waals surface area contributed by atoms with Crippen LogP contribution in [-0.2, 0) is 4.79 Å². The fourth-order valence-electron chi connectivity index (χ4n) is 5.48. The maximum absolute atomic E-state index is 12.9. The number of hydrogen-bond acceptors (Lipinski definition) is 6. The monoisotopic (exact) mass is 612 g/mol. The van der Waals surface area contributed by atoms with Crippen molar-refractivity contribution in [3.8, 4) is 11.5 Å². The molecule has 1 aliphatic carbocycles. The number of allylic oxidation sites excluding steroid dienone is 1. The zero-order chi connectivity index (χ0) is 32.4. The van der Waals surface area contributed by atoms with Gasteiger partial charge in [0.25, 0.3) is 0 Å². The van der Waals surface area contributed by atoms with E-state index < -0.39 is 0 Å². The molecule has 8 nitrogen and oxygen atoms in total. The van der Waals surface area contributed by atoms with Gasteiger partial charge in [0, 0.05) is 43.0 Å². The van der Waals surface area contributed by atoms with Crippen LogP contribution < -0.4 is 21.1 Å². The van der Waals surface area contributed by atoms with Gasteiger partial charge in [0.1, 0.15) is 17.3 Å². The summed E-state index contributed by atoms with van der Waals surface area (Å²) in [5, 5.41) is 15.7. The number of benzene rings is 2. The van der Waals surface area contributed by atoms with E-state index in [2.05, 4.69) is 31.1 Å². The van der Waals surface area contributed by atoms with E-state index in [9.17, 15) is 4.79 Å². The van der Waals surface area contributed by atoms with Gasteiger partial charge in [-0.25, -0.2) is 0 Å². The van der Waals surface area contributed by atoms with Gasteiger partial charge in [-0.05, 0) is 75.2 Å². The molecule has 0 radical (unpaired) electrons. The summed E-state index contributed by atoms with van der Waals surface area (Å²) in [6.07, 6.45) is 14.5. The third kappa shape index (κ3) is 11.7. The minimum absolute atomic E-state index is 0.00917. The summed E-state index contributed by atoms with van der Waals surface area (Å²) in [7, 11) is 0. The highest BCUT2D eigenvalue weighted by molar-refractivity contribution is 6.29. The zero-order valence-corrected chi connectivity index (χ0v) is 27.4. The second-order valence-corrected chi connectivity index (χ2v) is 11.6. The molecule has 8 heteroatoms. The molecule has 0 spiro atoms. The Hall–Kier alpha value is -4.17. The zero-order valence-electron chi connectivity index (χ0n) is 27.4. The molecule has 1 unspecified atom stereocenters. The molecule has 1 saturated heterocycles. The lowest BCUT2D eigenvalue weighted by atomic mass is 9.95. The van der Waals surface area contributed by atoms with Crippen LogP contribution in [0.5, 0.6) is 11.5 Å². The quantitative estimate of drug-likeness (QED) is 0.123. The van der Waals surface area contributed by atoms with Gasteiger partial charge in [-0.3, -0.25) is 15.2 Å². The van der Waals surface area contributed by atoms with E-state index in [1.165, 1.54) is 38.5 Å². The molecule has 5 N–H and O–H groups in total. The van der Waals surface area contributed by atoms with Crippen molar-refractivity contribution in [2.45, 2.75) is 84.2 Å². The lowest BCUT2D eigenvalue weighted by molar-refractivity contribution is -0.127. The van der Waals surface area contributed by atoms with E-state index in [0.29, 0.717) is 54.1 Å². The minimum Gasteiger partial charge on any atom is -0.457 e. The van der Waals surface area contributed by atoms with Crippen molar-refractivity contribution in [3.63, 3.8) is 0 Å². The number of piperidine rings is 1. The molecule has 4 rings (SSSR count). The first-order valence-electron chi connectivity index (χ1n) is 16.4. The molecule has 1 atom stereocenters. The number of carbonyl (C=O) groups excluding carboxylic acids is 1. The molecule has 242 valence electrons. The number of amides is 1. The van der Waals surface area contributed by atoms with Crippen LogP contribution in [0.3, 0.4) is 0 Å². The van der Waals surface area contributed by atoms with Gasteiger partial charge in [-0.2, -0.15) is 0 Å². The summed E-state index contributed by atoms with van der Waals surface area (Å²) in [6.45, 7) is 11.8. The van der Waals surface area contributed by atoms with E-state index in [1.54, 1.807) is 19.2 Å². The van der Waals surface area contributed by atoms with Gasteiger partial charge in [0.05, 0.1) is 17.3 Å². The van der Waals surface area contributed by atoms with Crippen LogP contribution in [0.25, 0.3) is 0 Å². The smallest absolute Gasteiger partial charge is 0.246 e. The van der Waals surface area contributed by atoms with Gasteiger partial charge in [-0.1, -0.05) is 70.4 Å². The topological polar surface area (TPSA) is 116 Å². The van der Waals surface area contributed by atoms with Crippen molar-refractivity contribution in [2.24, 2.45) is 10.7 Å². The van der Waals surface area contributed by atoms with Crippen LogP contribution in [0.15, 0.2) is 95.8 Å². The molecule has 1 aliphatic heterocycles. The summed E-state index contributed by atoms with van der Waals surface area (Å²) < 4.78 is 5.90. The molecule has 1 heterocycles. The fourth-order valence-corrected chi connectivity index (χ4v) is 5.48. The van der Waals surface area contributed by atoms with E-state index in [4.69, 9.17) is 20.9 Å². The second kappa shape index (κ2) is 19.3. The molecule has 2 fully saturated rings. The summed E-state index contributed by atoms with van der Waals surface area (Å²) >= 11 is 0. The number of nitrogens with one attached hydrogen (secondary N) is 3. The van der Waals surface area contributed by atoms with Crippen molar-refractivity contribution in [2.75, 3.05) is 19.6 Å². The summed E-state index contributed by atoms with van der Waals surface area (Å²) in [5.74, 6) is 1.91. The van der Waals surface area contributed by atoms with Gasteiger partial charge in [0.15, 0.2) is 0 Å². The summed E-state index contributed by atoms with van der Waals surface area (Å²) in [5.41, 5.74) is 8.21. The minimum atomic E-state index is -0.122. The molecule has 0 aromatic heterocycles. The lowest BCUT2D eigenvalue weighted by Crippen LogP contribution is -2.42. The highest BCUT2D eigenvalue weighted by Gasteiger charge is 2.24. The van der Waals surface area contributed by atoms with Crippen LogP contribution in [0.2, 0.25) is 0 Å². The molecule has 1 amide bonds. The first-order chi connectivity index (χ1) is 21.9. The Kier molecular flexibility index (Phi) is 15.1. The average Bonchev–Trinajstić information content (AvgIpc) is 3.05. The van der Waals surface area contributed by atoms with E-state index in [-0.39, 0.29) is 17.7 Å². The predicted molar refractivity (Wildman–Crippen MR) is 187 cm³/mol. The van der Waals surface area contributed by atoms with E-state index >= 15 is 0 Å². The summed E-state index contributed by atoms with van der Waals surface area (Å²) in [6, 6.07) is 17.4. The number of hydrogen-bond donors (Lipinski definition) is 4. The average molecular weight is 613 g/mol. The molecular weight excluding hydrogens is 560 g/mol. The fraction of sp³-hybridized carbons (Fsp3) is 0.432. The molecule has 45 heavy (non-hydrogen) atoms. The van der Waals surface area contributed by atoms with Crippen LogP contribution in [0, 0.1) is 5.41 Å². The third-order valence-corrected chi connectivity index (χ3v) is 7.65. The maximum atomic E-state index is 12.9. The van der Waals surface area contributed by atoms with Gasteiger partial charge in [-0.15, -0.1) is 0 Å². The van der Waals surface area contributed by atoms with Crippen molar-refractivity contribution < 1.29 is 9.53 Å². The van der Waals surface area contributed by atoms with Crippen molar-refractivity contribution in [1.82, 2.24) is 15.5 Å². The Morgan fingerprint density at radius 1 is 1.04 bits per heavy atom. The lowest BCUT2D eigenvalue weighted by Gasteiger charge is -2.31. The number of aliphatic imine (C=N–C) groups is 1. The molecule has 2 aromatic carbocycles. The Labute approximate surface area is 270 Å². The van der Waals surface area contributed by atoms with Gasteiger partial charge < -0.3 is 26.0 Å². The number of nitrogens with zero attached hydrogens (tertiary/aromatic N) is 2. The van der Waals surface area contributed by atoms with Crippen LogP contribution in [0.4, 0.5) is 0 Å². The molecule has 2 aromatic rings. The number of para-hydroxylation sites is 1. The number of nitrogens with two attached hydrogens (primary N) is 1. The Bertz CT molecular complexity index is 1310. The van der Waals surface area contributed by atoms with Crippen molar-refractivity contribution in [3.05, 3.63) is 96.4 Å². The number of amidine groups is 1. The largest absolute Gasteiger partial charge is 0.457 e. The Balaban J connectivity index is 0.00000177. The van der Waals surface area contributed by atoms with Crippen LogP contribution in [0.1, 0.15) is 77.7 Å². The Morgan fingerprint density at radius 3 is 2.36 bits per heavy atom. The molecule has 1 saturated carbocycles. The number of carbonyl (C=O) groups is 1. The number of rotatable bonds is 11. The van der Waals surface area contributed by atoms with Gasteiger partial charge in [0.2, 0.25) is 5.91 Å². The highest BCUT2D eigenvalue weighted by atomic mass is 16.5. The number of likely N-dealkylation sites (tertiary alicyclic amines) is 1. The van der Waals surface area contributed by atoms with Gasteiger partial charge >= 0.3 is 0 Å². The van der Waals surface area contributed by atoms with E-state index in [1.807, 2.05) is 65.6 Å². The van der Waals surface area contributed by atoms with E-state index in [0.717, 1.165) is 18.6 Å². The van der Waals surface area contributed by atoms with Crippen LogP contribution >= 0.6 is 0 Å². The SMILES string of the molecule is C=CNC(=NC1CCCN(C(=O)/C=C/CNC2CCCCC2)C1)/C(C(=N)c1ccc(Oc2ccccc2)cc1)=C(\C)N.CCC. The first-order valence-corrected chi connectivity index (χ1v) is 16.4.